The van der Waals surface area contributed by atoms with E-state index in [0.717, 1.165) is 0 Å². The van der Waals surface area contributed by atoms with Crippen molar-refractivity contribution in [1.82, 2.24) is 0 Å². The normalized spacial score (nSPS) is 11.8. The Bertz CT molecular complexity index is 514. The van der Waals surface area contributed by atoms with Crippen LogP contribution in [0.15, 0.2) is 24.3 Å². The minimum Gasteiger partial charge on any atom is -0.480 e. The number of methoxy groups -OCH3 is 1. The van der Waals surface area contributed by atoms with Crippen LogP contribution in [0.3, 0.4) is 0 Å². The van der Waals surface area contributed by atoms with Crippen LogP contribution in [-0.2, 0) is 9.53 Å². The molecule has 1 N–H and O–H groups in total. The molecule has 1 atom stereocenters. The minimum absolute atomic E-state index is 0.135. The van der Waals surface area contributed by atoms with Gasteiger partial charge in [0, 0.05) is 5.56 Å². The van der Waals surface area contributed by atoms with Gasteiger partial charge in [-0.1, -0.05) is 42.8 Å². The molecule has 0 aliphatic rings. The predicted octanol–water partition coefficient (Wildman–Crippen LogP) is 3.54. The van der Waals surface area contributed by atoms with Crippen molar-refractivity contribution in [1.29, 1.82) is 0 Å². The lowest BCUT2D eigenvalue weighted by molar-refractivity contribution is -0.142. The maximum Gasteiger partial charge on any atom is 0.343 e. The van der Waals surface area contributed by atoms with Crippen LogP contribution in [0.2, 0.25) is 10.0 Å². The number of carbonyl (C=O) groups is 1. The zero-order valence-corrected chi connectivity index (χ0v) is 12.8. The summed E-state index contributed by atoms with van der Waals surface area (Å²) >= 11 is 12.2. The van der Waals surface area contributed by atoms with Crippen LogP contribution >= 0.6 is 23.2 Å². The molecule has 0 saturated heterocycles. The fourth-order valence-corrected chi connectivity index (χ4v) is 1.96. The van der Waals surface area contributed by atoms with E-state index in [0.29, 0.717) is 17.6 Å². The van der Waals surface area contributed by atoms with Gasteiger partial charge in [0.2, 0.25) is 0 Å². The van der Waals surface area contributed by atoms with Crippen molar-refractivity contribution in [3.63, 3.8) is 0 Å². The van der Waals surface area contributed by atoms with Gasteiger partial charge in [0.1, 0.15) is 16.9 Å². The smallest absolute Gasteiger partial charge is 0.343 e. The first-order valence-electron chi connectivity index (χ1n) is 5.95. The number of hydrogen-bond acceptors (Lipinski definition) is 4. The third kappa shape index (κ3) is 3.88. The standard InChI is InChI=1S/C14H16Cl2O4/c1-4-8(2)14(18)9-5-6-10(13(16)12(9)15)20-7-11(17)19-3/h5-6,14,18H,2,4,7H2,1,3H3. The van der Waals surface area contributed by atoms with Crippen molar-refractivity contribution in [3.8, 4) is 5.75 Å². The molecule has 0 saturated carbocycles. The molecule has 4 nitrogen and oxygen atoms in total. The summed E-state index contributed by atoms with van der Waals surface area (Å²) < 4.78 is 9.66. The molecular weight excluding hydrogens is 303 g/mol. The number of hydrogen-bond donors (Lipinski definition) is 1. The first-order valence-corrected chi connectivity index (χ1v) is 6.71. The highest BCUT2D eigenvalue weighted by molar-refractivity contribution is 6.43. The van der Waals surface area contributed by atoms with Gasteiger partial charge < -0.3 is 14.6 Å². The van der Waals surface area contributed by atoms with Gasteiger partial charge in [-0.3, -0.25) is 0 Å². The van der Waals surface area contributed by atoms with Gasteiger partial charge in [-0.05, 0) is 18.1 Å². The monoisotopic (exact) mass is 318 g/mol. The van der Waals surface area contributed by atoms with E-state index in [2.05, 4.69) is 11.3 Å². The molecule has 0 bridgehead atoms. The van der Waals surface area contributed by atoms with Crippen LogP contribution in [0.5, 0.6) is 5.75 Å². The Kier molecular flexibility index (Phi) is 6.33. The number of aliphatic hydroxyl groups is 1. The molecule has 0 heterocycles. The summed E-state index contributed by atoms with van der Waals surface area (Å²) in [4.78, 5) is 11.0. The first kappa shape index (κ1) is 16.8. The number of ether oxygens (including phenoxy) is 2. The highest BCUT2D eigenvalue weighted by atomic mass is 35.5. The van der Waals surface area contributed by atoms with Crippen LogP contribution in [0, 0.1) is 0 Å². The Morgan fingerprint density at radius 3 is 2.60 bits per heavy atom. The third-order valence-electron chi connectivity index (χ3n) is 2.79. The van der Waals surface area contributed by atoms with E-state index >= 15 is 0 Å². The van der Waals surface area contributed by atoms with Gasteiger partial charge in [-0.25, -0.2) is 4.79 Å². The predicted molar refractivity (Wildman–Crippen MR) is 78.4 cm³/mol. The minimum atomic E-state index is -0.889. The fraction of sp³-hybridized carbons (Fsp3) is 0.357. The Morgan fingerprint density at radius 1 is 1.40 bits per heavy atom. The Balaban J connectivity index is 2.97. The first-order chi connectivity index (χ1) is 9.42. The molecule has 0 aromatic heterocycles. The second-order valence-electron chi connectivity index (χ2n) is 4.06. The molecule has 1 aromatic carbocycles. The SMILES string of the molecule is C=C(CC)C(O)c1ccc(OCC(=O)OC)c(Cl)c1Cl. The second kappa shape index (κ2) is 7.53. The quantitative estimate of drug-likeness (QED) is 0.643. The van der Waals surface area contributed by atoms with Crippen LogP contribution < -0.4 is 4.74 Å². The molecule has 0 radical (unpaired) electrons. The molecule has 6 heteroatoms. The Morgan fingerprint density at radius 2 is 2.05 bits per heavy atom. The van der Waals surface area contributed by atoms with Crippen molar-refractivity contribution >= 4 is 29.2 Å². The van der Waals surface area contributed by atoms with Crippen molar-refractivity contribution in [2.45, 2.75) is 19.4 Å². The van der Waals surface area contributed by atoms with E-state index in [-0.39, 0.29) is 22.4 Å². The van der Waals surface area contributed by atoms with Gasteiger partial charge in [0.25, 0.3) is 0 Å². The molecule has 1 unspecified atom stereocenters. The summed E-state index contributed by atoms with van der Waals surface area (Å²) in [5.41, 5.74) is 1.08. The zero-order chi connectivity index (χ0) is 15.3. The summed E-state index contributed by atoms with van der Waals surface area (Å²) in [6, 6.07) is 3.13. The molecule has 20 heavy (non-hydrogen) atoms. The molecule has 1 aromatic rings. The fourth-order valence-electron chi connectivity index (χ4n) is 1.48. The molecule has 0 amide bonds. The Labute approximate surface area is 127 Å². The van der Waals surface area contributed by atoms with Gasteiger partial charge >= 0.3 is 5.97 Å². The maximum absolute atomic E-state index is 11.0. The largest absolute Gasteiger partial charge is 0.480 e. The van der Waals surface area contributed by atoms with Gasteiger partial charge in [0.05, 0.1) is 12.1 Å². The molecule has 0 fully saturated rings. The van der Waals surface area contributed by atoms with Crippen molar-refractivity contribution < 1.29 is 19.4 Å². The number of carbonyl (C=O) groups excluding carboxylic acids is 1. The van der Waals surface area contributed by atoms with Crippen LogP contribution in [0.4, 0.5) is 0 Å². The number of halogens is 2. The summed E-state index contributed by atoms with van der Waals surface area (Å²) in [6.07, 6.45) is -0.268. The van der Waals surface area contributed by atoms with Crippen molar-refractivity contribution in [3.05, 3.63) is 39.9 Å². The van der Waals surface area contributed by atoms with E-state index < -0.39 is 12.1 Å². The number of benzene rings is 1. The van der Waals surface area contributed by atoms with E-state index in [1.165, 1.54) is 7.11 Å². The van der Waals surface area contributed by atoms with Crippen molar-refractivity contribution in [2.75, 3.05) is 13.7 Å². The summed E-state index contributed by atoms with van der Waals surface area (Å²) in [7, 11) is 1.26. The van der Waals surface area contributed by atoms with Crippen LogP contribution in [-0.4, -0.2) is 24.8 Å². The second-order valence-corrected chi connectivity index (χ2v) is 4.82. The van der Waals surface area contributed by atoms with E-state index in [1.54, 1.807) is 12.1 Å². The zero-order valence-electron chi connectivity index (χ0n) is 11.3. The third-order valence-corrected chi connectivity index (χ3v) is 3.66. The lowest BCUT2D eigenvalue weighted by atomic mass is 10.0. The number of rotatable bonds is 6. The molecule has 0 aliphatic carbocycles. The molecule has 1 rings (SSSR count). The van der Waals surface area contributed by atoms with Crippen molar-refractivity contribution in [2.24, 2.45) is 0 Å². The van der Waals surface area contributed by atoms with Crippen LogP contribution in [0.1, 0.15) is 25.0 Å². The van der Waals surface area contributed by atoms with Gasteiger partial charge in [-0.15, -0.1) is 0 Å². The molecule has 110 valence electrons. The average molecular weight is 319 g/mol. The molecular formula is C14H16Cl2O4. The highest BCUT2D eigenvalue weighted by Crippen LogP contribution is 2.39. The van der Waals surface area contributed by atoms with Crippen LogP contribution in [0.25, 0.3) is 0 Å². The Hall–Kier alpha value is -1.23. The summed E-state index contributed by atoms with van der Waals surface area (Å²) in [6.45, 7) is 5.39. The number of aliphatic hydroxyl groups excluding tert-OH is 1. The maximum atomic E-state index is 11.0. The topological polar surface area (TPSA) is 55.8 Å². The lowest BCUT2D eigenvalue weighted by Crippen LogP contribution is -2.13. The molecule has 0 aliphatic heterocycles. The molecule has 0 spiro atoms. The number of esters is 1. The lowest BCUT2D eigenvalue weighted by Gasteiger charge is -2.16. The van der Waals surface area contributed by atoms with Gasteiger partial charge in [0.15, 0.2) is 6.61 Å². The van der Waals surface area contributed by atoms with E-state index in [1.807, 2.05) is 6.92 Å². The van der Waals surface area contributed by atoms with E-state index in [9.17, 15) is 9.90 Å². The average Bonchev–Trinajstić information content (AvgIpc) is 2.46. The summed E-state index contributed by atoms with van der Waals surface area (Å²) in [5, 5.41) is 10.4. The van der Waals surface area contributed by atoms with E-state index in [4.69, 9.17) is 27.9 Å². The van der Waals surface area contributed by atoms with Gasteiger partial charge in [-0.2, -0.15) is 0 Å². The summed E-state index contributed by atoms with van der Waals surface area (Å²) in [5.74, 6) is -0.277. The highest BCUT2D eigenvalue weighted by Gasteiger charge is 2.19.